The van der Waals surface area contributed by atoms with Gasteiger partial charge in [-0.3, -0.25) is 0 Å². The van der Waals surface area contributed by atoms with Gasteiger partial charge < -0.3 is 4.42 Å². The monoisotopic (exact) mass is 267 g/mol. The van der Waals surface area contributed by atoms with Crippen LogP contribution in [0, 0.1) is 0 Å². The van der Waals surface area contributed by atoms with Crippen molar-refractivity contribution in [1.82, 2.24) is 4.98 Å². The summed E-state index contributed by atoms with van der Waals surface area (Å²) in [6, 6.07) is 5.36. The second kappa shape index (κ2) is 4.35. The highest BCUT2D eigenvalue weighted by Crippen LogP contribution is 2.32. The summed E-state index contributed by atoms with van der Waals surface area (Å²) >= 11 is 12.0. The largest absolute Gasteiger partial charge is 0.441 e. The summed E-state index contributed by atoms with van der Waals surface area (Å²) in [5.41, 5.74) is 1.89. The zero-order valence-corrected chi connectivity index (χ0v) is 10.7. The van der Waals surface area contributed by atoms with Gasteiger partial charge in [0.05, 0.1) is 16.3 Å². The maximum absolute atomic E-state index is 6.14. The van der Waals surface area contributed by atoms with Crippen molar-refractivity contribution in [2.24, 2.45) is 0 Å². The van der Waals surface area contributed by atoms with Gasteiger partial charge in [0, 0.05) is 11.4 Å². The van der Waals surface area contributed by atoms with E-state index in [-0.39, 0.29) is 0 Å². The molecule has 1 heterocycles. The number of benzene rings is 1. The van der Waals surface area contributed by atoms with E-state index < -0.39 is 0 Å². The Hall–Kier alpha value is -0.990. The van der Waals surface area contributed by atoms with E-state index in [9.17, 15) is 0 Å². The number of aromatic nitrogens is 1. The Morgan fingerprint density at radius 3 is 2.71 bits per heavy atom. The first-order valence-corrected chi connectivity index (χ1v) is 6.43. The summed E-state index contributed by atoms with van der Waals surface area (Å²) in [7, 11) is 0. The summed E-state index contributed by atoms with van der Waals surface area (Å²) in [5.74, 6) is 1.62. The molecule has 0 saturated carbocycles. The van der Waals surface area contributed by atoms with Gasteiger partial charge in [-0.05, 0) is 37.5 Å². The minimum Gasteiger partial charge on any atom is -0.441 e. The van der Waals surface area contributed by atoms with Crippen LogP contribution in [0.2, 0.25) is 10.0 Å². The normalized spacial score (nSPS) is 14.7. The Morgan fingerprint density at radius 2 is 1.94 bits per heavy atom. The van der Waals surface area contributed by atoms with Gasteiger partial charge in [0.1, 0.15) is 5.76 Å². The number of fused-ring (bicyclic) bond motifs is 1. The SMILES string of the molecule is Clc1ccc(-c2nc3c(o2)CCCC3)c(Cl)c1. The van der Waals surface area contributed by atoms with Crippen LogP contribution in [0.15, 0.2) is 22.6 Å². The number of halogens is 2. The van der Waals surface area contributed by atoms with E-state index in [1.165, 1.54) is 12.8 Å². The Bertz CT molecular complexity index is 539. The van der Waals surface area contributed by atoms with Crippen molar-refractivity contribution < 1.29 is 4.42 Å². The maximum Gasteiger partial charge on any atom is 0.228 e. The van der Waals surface area contributed by atoms with Crippen molar-refractivity contribution in [2.75, 3.05) is 0 Å². The molecule has 1 aliphatic carbocycles. The number of hydrogen-bond acceptors (Lipinski definition) is 2. The molecule has 0 unspecified atom stereocenters. The molecule has 1 aromatic heterocycles. The topological polar surface area (TPSA) is 26.0 Å². The van der Waals surface area contributed by atoms with E-state index in [2.05, 4.69) is 4.98 Å². The van der Waals surface area contributed by atoms with Gasteiger partial charge in [0.15, 0.2) is 0 Å². The van der Waals surface area contributed by atoms with Gasteiger partial charge in [-0.1, -0.05) is 23.2 Å². The molecule has 0 saturated heterocycles. The van der Waals surface area contributed by atoms with Crippen LogP contribution in [0.25, 0.3) is 11.5 Å². The lowest BCUT2D eigenvalue weighted by molar-refractivity contribution is 0.487. The number of rotatable bonds is 1. The predicted molar refractivity (Wildman–Crippen MR) is 68.6 cm³/mol. The first-order valence-electron chi connectivity index (χ1n) is 5.68. The van der Waals surface area contributed by atoms with Crippen molar-refractivity contribution >= 4 is 23.2 Å². The standard InChI is InChI=1S/C13H11Cl2NO/c14-8-5-6-9(10(15)7-8)13-16-11-3-1-2-4-12(11)17-13/h5-7H,1-4H2. The lowest BCUT2D eigenvalue weighted by Gasteiger charge is -2.05. The second-order valence-corrected chi connectivity index (χ2v) is 5.06. The highest BCUT2D eigenvalue weighted by Gasteiger charge is 2.19. The molecule has 4 heteroatoms. The molecule has 0 bridgehead atoms. The zero-order chi connectivity index (χ0) is 11.8. The lowest BCUT2D eigenvalue weighted by Crippen LogP contribution is -1.99. The molecule has 88 valence electrons. The van der Waals surface area contributed by atoms with Gasteiger partial charge >= 0.3 is 0 Å². The molecule has 0 fully saturated rings. The first kappa shape index (κ1) is 11.1. The third-order valence-corrected chi connectivity index (χ3v) is 3.56. The van der Waals surface area contributed by atoms with Gasteiger partial charge in [-0.25, -0.2) is 4.98 Å². The van der Waals surface area contributed by atoms with Crippen LogP contribution in [0.1, 0.15) is 24.3 Å². The van der Waals surface area contributed by atoms with Crippen LogP contribution in [0.3, 0.4) is 0 Å². The Morgan fingerprint density at radius 1 is 1.12 bits per heavy atom. The summed E-state index contributed by atoms with van der Waals surface area (Å²) in [6.07, 6.45) is 4.35. The number of nitrogens with zero attached hydrogens (tertiary/aromatic N) is 1. The summed E-state index contributed by atoms with van der Waals surface area (Å²) in [5, 5.41) is 1.20. The van der Waals surface area contributed by atoms with E-state index in [0.717, 1.165) is 29.9 Å². The molecule has 2 aromatic rings. The third kappa shape index (κ3) is 2.07. The molecule has 1 aromatic carbocycles. The average molecular weight is 268 g/mol. The molecule has 17 heavy (non-hydrogen) atoms. The highest BCUT2D eigenvalue weighted by molar-refractivity contribution is 6.36. The van der Waals surface area contributed by atoms with E-state index >= 15 is 0 Å². The summed E-state index contributed by atoms with van der Waals surface area (Å²) in [6.45, 7) is 0. The van der Waals surface area contributed by atoms with Crippen LogP contribution in [0.4, 0.5) is 0 Å². The molecule has 1 aliphatic rings. The molecule has 0 atom stereocenters. The quantitative estimate of drug-likeness (QED) is 0.759. The van der Waals surface area contributed by atoms with Gasteiger partial charge in [0.25, 0.3) is 0 Å². The van der Waals surface area contributed by atoms with Crippen LogP contribution in [-0.2, 0) is 12.8 Å². The van der Waals surface area contributed by atoms with Gasteiger partial charge in [0.2, 0.25) is 5.89 Å². The lowest BCUT2D eigenvalue weighted by atomic mass is 10.0. The van der Waals surface area contributed by atoms with Crippen molar-refractivity contribution in [2.45, 2.75) is 25.7 Å². The van der Waals surface area contributed by atoms with Crippen molar-refractivity contribution in [3.63, 3.8) is 0 Å². The van der Waals surface area contributed by atoms with E-state index in [1.807, 2.05) is 6.07 Å². The Kier molecular flexibility index (Phi) is 2.85. The second-order valence-electron chi connectivity index (χ2n) is 4.22. The Labute approximate surface area is 110 Å². The molecule has 0 N–H and O–H groups in total. The smallest absolute Gasteiger partial charge is 0.228 e. The van der Waals surface area contributed by atoms with E-state index in [0.29, 0.717) is 15.9 Å². The van der Waals surface area contributed by atoms with Crippen LogP contribution in [0.5, 0.6) is 0 Å². The minimum atomic E-state index is 0.580. The maximum atomic E-state index is 6.14. The Balaban J connectivity index is 2.06. The first-order chi connectivity index (χ1) is 8.24. The van der Waals surface area contributed by atoms with Crippen molar-refractivity contribution in [3.8, 4) is 11.5 Å². The van der Waals surface area contributed by atoms with Crippen molar-refractivity contribution in [3.05, 3.63) is 39.7 Å². The summed E-state index contributed by atoms with van der Waals surface area (Å²) in [4.78, 5) is 4.52. The third-order valence-electron chi connectivity index (χ3n) is 3.01. The molecular formula is C13H11Cl2NO. The fourth-order valence-corrected chi connectivity index (χ4v) is 2.62. The number of oxazole rings is 1. The molecule has 2 nitrogen and oxygen atoms in total. The zero-order valence-electron chi connectivity index (χ0n) is 9.17. The molecule has 0 amide bonds. The summed E-state index contributed by atoms with van der Waals surface area (Å²) < 4.78 is 5.77. The fourth-order valence-electron chi connectivity index (χ4n) is 2.13. The molecular weight excluding hydrogens is 257 g/mol. The van der Waals surface area contributed by atoms with E-state index in [1.54, 1.807) is 12.1 Å². The fraction of sp³-hybridized carbons (Fsp3) is 0.308. The van der Waals surface area contributed by atoms with Crippen LogP contribution < -0.4 is 0 Å². The predicted octanol–water partition coefficient (Wildman–Crippen LogP) is 4.53. The molecule has 0 radical (unpaired) electrons. The molecule has 0 aliphatic heterocycles. The minimum absolute atomic E-state index is 0.580. The van der Waals surface area contributed by atoms with Crippen molar-refractivity contribution in [1.29, 1.82) is 0 Å². The molecule has 3 rings (SSSR count). The van der Waals surface area contributed by atoms with Crippen LogP contribution in [-0.4, -0.2) is 4.98 Å². The van der Waals surface area contributed by atoms with Crippen LogP contribution >= 0.6 is 23.2 Å². The molecule has 0 spiro atoms. The average Bonchev–Trinajstić information content (AvgIpc) is 2.72. The number of aryl methyl sites for hydroxylation is 2. The van der Waals surface area contributed by atoms with Gasteiger partial charge in [-0.15, -0.1) is 0 Å². The highest BCUT2D eigenvalue weighted by atomic mass is 35.5. The van der Waals surface area contributed by atoms with E-state index in [4.69, 9.17) is 27.6 Å². The van der Waals surface area contributed by atoms with Gasteiger partial charge in [-0.2, -0.15) is 0 Å². The number of hydrogen-bond donors (Lipinski definition) is 0.